The third-order valence-corrected chi connectivity index (χ3v) is 3.64. The van der Waals surface area contributed by atoms with Crippen LogP contribution in [-0.2, 0) is 17.8 Å². The number of hydrogen-bond acceptors (Lipinski definition) is 3. The predicted molar refractivity (Wildman–Crippen MR) is 89.0 cm³/mol. The third kappa shape index (κ3) is 4.21. The van der Waals surface area contributed by atoms with Gasteiger partial charge in [-0.1, -0.05) is 25.1 Å². The largest absolute Gasteiger partial charge is 0.465 e. The van der Waals surface area contributed by atoms with E-state index < -0.39 is 0 Å². The van der Waals surface area contributed by atoms with Gasteiger partial charge in [-0.3, -0.25) is 9.69 Å². The summed E-state index contributed by atoms with van der Waals surface area (Å²) >= 11 is 0. The maximum Gasteiger partial charge on any atom is 0.238 e. The molecule has 2 rings (SSSR count). The molecule has 0 saturated carbocycles. The second kappa shape index (κ2) is 7.27. The number of rotatable bonds is 6. The molecule has 0 aliphatic carbocycles. The molecule has 1 amide bonds. The molecule has 1 N–H and O–H groups in total. The van der Waals surface area contributed by atoms with E-state index in [1.54, 1.807) is 0 Å². The van der Waals surface area contributed by atoms with Crippen LogP contribution in [0.1, 0.15) is 29.6 Å². The van der Waals surface area contributed by atoms with E-state index in [1.807, 2.05) is 50.1 Å². The molecule has 0 radical (unpaired) electrons. The van der Waals surface area contributed by atoms with Gasteiger partial charge in [-0.15, -0.1) is 0 Å². The number of para-hydroxylation sites is 1. The summed E-state index contributed by atoms with van der Waals surface area (Å²) < 4.78 is 5.54. The molecule has 4 heteroatoms. The van der Waals surface area contributed by atoms with Gasteiger partial charge in [0.2, 0.25) is 5.91 Å². The molecule has 0 aliphatic rings. The van der Waals surface area contributed by atoms with Gasteiger partial charge in [0.15, 0.2) is 0 Å². The van der Waals surface area contributed by atoms with E-state index in [2.05, 4.69) is 18.3 Å². The van der Waals surface area contributed by atoms with Crippen LogP contribution in [0.2, 0.25) is 0 Å². The molecule has 4 nitrogen and oxygen atoms in total. The molecule has 0 fully saturated rings. The van der Waals surface area contributed by atoms with Crippen LogP contribution in [0.3, 0.4) is 0 Å². The molecular formula is C18H24N2O2. The topological polar surface area (TPSA) is 45.5 Å². The Bertz CT molecular complexity index is 646. The standard InChI is InChI=1S/C18H24N2O2/c1-5-15-8-6-7-13(2)18(15)19-17(21)12-20(4)11-16-10-9-14(3)22-16/h6-10H,5,11-12H2,1-4H3,(H,19,21). The minimum absolute atomic E-state index is 0.00484. The van der Waals surface area contributed by atoms with Gasteiger partial charge >= 0.3 is 0 Å². The van der Waals surface area contributed by atoms with Crippen LogP contribution < -0.4 is 5.32 Å². The van der Waals surface area contributed by atoms with Crippen LogP contribution in [0.25, 0.3) is 0 Å². The molecule has 1 aromatic carbocycles. The Hall–Kier alpha value is -2.07. The first kappa shape index (κ1) is 16.3. The van der Waals surface area contributed by atoms with E-state index in [0.717, 1.165) is 34.8 Å². The fourth-order valence-corrected chi connectivity index (χ4v) is 2.52. The van der Waals surface area contributed by atoms with Gasteiger partial charge in [0.25, 0.3) is 0 Å². The SMILES string of the molecule is CCc1cccc(C)c1NC(=O)CN(C)Cc1ccc(C)o1. The number of anilines is 1. The summed E-state index contributed by atoms with van der Waals surface area (Å²) in [6.45, 7) is 6.98. The number of amides is 1. The van der Waals surface area contributed by atoms with Crippen molar-refractivity contribution >= 4 is 11.6 Å². The number of furan rings is 1. The molecule has 0 saturated heterocycles. The lowest BCUT2D eigenvalue weighted by atomic mass is 10.1. The second-order valence-corrected chi connectivity index (χ2v) is 5.70. The minimum atomic E-state index is -0.00484. The fraction of sp³-hybridized carbons (Fsp3) is 0.389. The molecule has 1 heterocycles. The molecule has 0 atom stereocenters. The fourth-order valence-electron chi connectivity index (χ4n) is 2.52. The van der Waals surface area contributed by atoms with Crippen LogP contribution in [0.4, 0.5) is 5.69 Å². The van der Waals surface area contributed by atoms with E-state index >= 15 is 0 Å². The maximum atomic E-state index is 12.3. The maximum absolute atomic E-state index is 12.3. The quantitative estimate of drug-likeness (QED) is 0.887. The Kier molecular flexibility index (Phi) is 5.39. The summed E-state index contributed by atoms with van der Waals surface area (Å²) in [6, 6.07) is 9.97. The number of carbonyl (C=O) groups is 1. The van der Waals surface area contributed by atoms with Crippen LogP contribution in [0.15, 0.2) is 34.7 Å². The average molecular weight is 300 g/mol. The van der Waals surface area contributed by atoms with Gasteiger partial charge in [-0.25, -0.2) is 0 Å². The third-order valence-electron chi connectivity index (χ3n) is 3.64. The Morgan fingerprint density at radius 1 is 1.23 bits per heavy atom. The summed E-state index contributed by atoms with van der Waals surface area (Å²) in [5.74, 6) is 1.76. The lowest BCUT2D eigenvalue weighted by molar-refractivity contribution is -0.117. The molecule has 118 valence electrons. The highest BCUT2D eigenvalue weighted by Gasteiger charge is 2.12. The number of benzene rings is 1. The molecule has 0 aliphatic heterocycles. The number of hydrogen-bond donors (Lipinski definition) is 1. The lowest BCUT2D eigenvalue weighted by Crippen LogP contribution is -2.30. The summed E-state index contributed by atoms with van der Waals surface area (Å²) in [4.78, 5) is 14.2. The second-order valence-electron chi connectivity index (χ2n) is 5.70. The first-order valence-electron chi connectivity index (χ1n) is 7.61. The Morgan fingerprint density at radius 2 is 2.00 bits per heavy atom. The highest BCUT2D eigenvalue weighted by molar-refractivity contribution is 5.93. The first-order valence-corrected chi connectivity index (χ1v) is 7.61. The van der Waals surface area contributed by atoms with Crippen molar-refractivity contribution in [2.45, 2.75) is 33.7 Å². The first-order chi connectivity index (χ1) is 10.5. The normalized spacial score (nSPS) is 11.0. The van der Waals surface area contributed by atoms with Crippen molar-refractivity contribution in [3.05, 3.63) is 53.0 Å². The Balaban J connectivity index is 1.95. The van der Waals surface area contributed by atoms with E-state index in [4.69, 9.17) is 4.42 Å². The van der Waals surface area contributed by atoms with Crippen molar-refractivity contribution in [1.29, 1.82) is 0 Å². The van der Waals surface area contributed by atoms with Crippen LogP contribution in [0, 0.1) is 13.8 Å². The Labute approximate surface area is 132 Å². The van der Waals surface area contributed by atoms with Gasteiger partial charge in [0, 0.05) is 5.69 Å². The smallest absolute Gasteiger partial charge is 0.238 e. The lowest BCUT2D eigenvalue weighted by Gasteiger charge is -2.17. The molecular weight excluding hydrogens is 276 g/mol. The highest BCUT2D eigenvalue weighted by atomic mass is 16.3. The average Bonchev–Trinajstić information content (AvgIpc) is 2.86. The van der Waals surface area contributed by atoms with Crippen molar-refractivity contribution in [1.82, 2.24) is 4.90 Å². The number of carbonyl (C=O) groups excluding carboxylic acids is 1. The molecule has 1 aromatic heterocycles. The molecule has 0 unspecified atom stereocenters. The van der Waals surface area contributed by atoms with Crippen LogP contribution >= 0.6 is 0 Å². The molecule has 22 heavy (non-hydrogen) atoms. The molecule has 0 bridgehead atoms. The monoisotopic (exact) mass is 300 g/mol. The van der Waals surface area contributed by atoms with E-state index in [-0.39, 0.29) is 5.91 Å². The number of nitrogens with zero attached hydrogens (tertiary/aromatic N) is 1. The van der Waals surface area contributed by atoms with Gasteiger partial charge in [0.1, 0.15) is 11.5 Å². The molecule has 2 aromatic rings. The van der Waals surface area contributed by atoms with Gasteiger partial charge < -0.3 is 9.73 Å². The number of aryl methyl sites for hydroxylation is 3. The predicted octanol–water partition coefficient (Wildman–Crippen LogP) is 3.53. The summed E-state index contributed by atoms with van der Waals surface area (Å²) in [6.07, 6.45) is 0.902. The van der Waals surface area contributed by atoms with Gasteiger partial charge in [0.05, 0.1) is 13.1 Å². The van der Waals surface area contributed by atoms with Crippen LogP contribution in [-0.4, -0.2) is 24.4 Å². The summed E-state index contributed by atoms with van der Waals surface area (Å²) in [5.41, 5.74) is 3.20. The van der Waals surface area contributed by atoms with Gasteiger partial charge in [-0.05, 0) is 50.6 Å². The zero-order chi connectivity index (χ0) is 16.1. The zero-order valence-electron chi connectivity index (χ0n) is 13.8. The van der Waals surface area contributed by atoms with Crippen molar-refractivity contribution < 1.29 is 9.21 Å². The van der Waals surface area contributed by atoms with E-state index in [1.165, 1.54) is 0 Å². The van der Waals surface area contributed by atoms with E-state index in [9.17, 15) is 4.79 Å². The van der Waals surface area contributed by atoms with Crippen LogP contribution in [0.5, 0.6) is 0 Å². The number of likely N-dealkylation sites (N-methyl/N-ethyl adjacent to an activating group) is 1. The van der Waals surface area contributed by atoms with Crippen molar-refractivity contribution in [3.8, 4) is 0 Å². The zero-order valence-corrected chi connectivity index (χ0v) is 13.8. The summed E-state index contributed by atoms with van der Waals surface area (Å²) in [7, 11) is 1.91. The van der Waals surface area contributed by atoms with Crippen molar-refractivity contribution in [3.63, 3.8) is 0 Å². The van der Waals surface area contributed by atoms with Crippen molar-refractivity contribution in [2.75, 3.05) is 18.9 Å². The number of nitrogens with one attached hydrogen (secondary N) is 1. The van der Waals surface area contributed by atoms with E-state index in [0.29, 0.717) is 13.1 Å². The Morgan fingerprint density at radius 3 is 2.64 bits per heavy atom. The summed E-state index contributed by atoms with van der Waals surface area (Å²) in [5, 5.41) is 3.04. The van der Waals surface area contributed by atoms with Gasteiger partial charge in [-0.2, -0.15) is 0 Å². The highest BCUT2D eigenvalue weighted by Crippen LogP contribution is 2.21. The minimum Gasteiger partial charge on any atom is -0.465 e. The molecule has 0 spiro atoms. The van der Waals surface area contributed by atoms with Crippen molar-refractivity contribution in [2.24, 2.45) is 0 Å².